The predicted molar refractivity (Wildman–Crippen MR) is 93.9 cm³/mol. The Labute approximate surface area is 143 Å². The number of hydrogen-bond donors (Lipinski definition) is 3. The van der Waals surface area contributed by atoms with Crippen LogP contribution in [0.5, 0.6) is 0 Å². The van der Waals surface area contributed by atoms with Crippen LogP contribution in [0, 0.1) is 0 Å². The van der Waals surface area contributed by atoms with E-state index in [1.54, 1.807) is 0 Å². The molecule has 0 fully saturated rings. The number of nitrogens with two attached hydrogens (primary N) is 1. The minimum Gasteiger partial charge on any atom is -0.375 e. The molecule has 1 aromatic carbocycles. The molecule has 2 amide bonds. The molecule has 126 valence electrons. The molecule has 1 aromatic rings. The largest absolute Gasteiger partial charge is 0.375 e. The maximum atomic E-state index is 11.4. The summed E-state index contributed by atoms with van der Waals surface area (Å²) in [5.74, 6) is -0.530. The van der Waals surface area contributed by atoms with Gasteiger partial charge in [-0.3, -0.25) is 9.59 Å². The van der Waals surface area contributed by atoms with Crippen molar-refractivity contribution in [1.82, 2.24) is 10.6 Å². The van der Waals surface area contributed by atoms with E-state index in [2.05, 4.69) is 15.5 Å². The van der Waals surface area contributed by atoms with Crippen molar-refractivity contribution < 1.29 is 9.59 Å². The molecule has 0 aromatic heterocycles. The lowest BCUT2D eigenvalue weighted by atomic mass is 10.3. The Hall–Kier alpha value is -1.50. The van der Waals surface area contributed by atoms with Crippen molar-refractivity contribution >= 4 is 42.3 Å². The molecule has 0 spiro atoms. The number of carbonyl (C=O) groups is 2. The molecule has 4 N–H and O–H groups in total. The zero-order chi connectivity index (χ0) is 14.8. The Balaban J connectivity index is 0. The summed E-state index contributed by atoms with van der Waals surface area (Å²) in [5, 5.41) is 5.17. The molecule has 0 atom stereocenters. The van der Waals surface area contributed by atoms with Gasteiger partial charge in [-0.25, -0.2) is 0 Å². The van der Waals surface area contributed by atoms with Crippen molar-refractivity contribution in [2.24, 2.45) is 5.73 Å². The Morgan fingerprint density at radius 3 is 2.32 bits per heavy atom. The van der Waals surface area contributed by atoms with Gasteiger partial charge in [0.2, 0.25) is 11.8 Å². The molecule has 0 saturated heterocycles. The highest BCUT2D eigenvalue weighted by Gasteiger charge is 2.04. The first kappa shape index (κ1) is 22.8. The summed E-state index contributed by atoms with van der Waals surface area (Å²) in [7, 11) is 2.01. The van der Waals surface area contributed by atoms with Gasteiger partial charge in [-0.15, -0.1) is 24.8 Å². The lowest BCUT2D eigenvalue weighted by Gasteiger charge is -2.19. The molecule has 0 heterocycles. The Morgan fingerprint density at radius 2 is 1.73 bits per heavy atom. The number of benzene rings is 1. The van der Waals surface area contributed by atoms with Crippen LogP contribution in [0.25, 0.3) is 0 Å². The maximum Gasteiger partial charge on any atom is 0.239 e. The van der Waals surface area contributed by atoms with E-state index in [1.165, 1.54) is 0 Å². The van der Waals surface area contributed by atoms with Crippen LogP contribution >= 0.6 is 24.8 Å². The van der Waals surface area contributed by atoms with Gasteiger partial charge >= 0.3 is 0 Å². The lowest BCUT2D eigenvalue weighted by Crippen LogP contribution is -2.40. The molecule has 0 unspecified atom stereocenters. The number of halogens is 2. The maximum absolute atomic E-state index is 11.4. The predicted octanol–water partition coefficient (Wildman–Crippen LogP) is 0.548. The minimum atomic E-state index is -0.330. The van der Waals surface area contributed by atoms with Crippen LogP contribution in [0.2, 0.25) is 0 Å². The summed E-state index contributed by atoms with van der Waals surface area (Å²) < 4.78 is 0. The van der Waals surface area contributed by atoms with E-state index in [0.29, 0.717) is 6.54 Å². The van der Waals surface area contributed by atoms with E-state index >= 15 is 0 Å². The third kappa shape index (κ3) is 9.44. The SMILES string of the molecule is CN(CCCNC(=O)CNC(=O)CN)c1ccccc1.Cl.Cl. The molecule has 0 radical (unpaired) electrons. The van der Waals surface area contributed by atoms with Crippen LogP contribution < -0.4 is 21.3 Å². The number of amides is 2. The average Bonchev–Trinajstić information content (AvgIpc) is 2.49. The second kappa shape index (κ2) is 13.2. The monoisotopic (exact) mass is 350 g/mol. The fourth-order valence-corrected chi connectivity index (χ4v) is 1.67. The summed E-state index contributed by atoms with van der Waals surface area (Å²) in [6.45, 7) is 1.30. The third-order valence-electron chi connectivity index (χ3n) is 2.82. The van der Waals surface area contributed by atoms with E-state index in [0.717, 1.165) is 18.7 Å². The fourth-order valence-electron chi connectivity index (χ4n) is 1.67. The third-order valence-corrected chi connectivity index (χ3v) is 2.82. The molecule has 22 heavy (non-hydrogen) atoms. The summed E-state index contributed by atoms with van der Waals surface area (Å²) in [6, 6.07) is 10.1. The number of nitrogens with zero attached hydrogens (tertiary/aromatic N) is 1. The molecule has 0 bridgehead atoms. The van der Waals surface area contributed by atoms with Gasteiger partial charge in [0.1, 0.15) is 0 Å². The quantitative estimate of drug-likeness (QED) is 0.597. The summed E-state index contributed by atoms with van der Waals surface area (Å²) >= 11 is 0. The van der Waals surface area contributed by atoms with Crippen molar-refractivity contribution in [1.29, 1.82) is 0 Å². The molecule has 1 rings (SSSR count). The van der Waals surface area contributed by atoms with E-state index in [9.17, 15) is 9.59 Å². The first-order valence-electron chi connectivity index (χ1n) is 6.63. The average molecular weight is 351 g/mol. The first-order valence-corrected chi connectivity index (χ1v) is 6.63. The lowest BCUT2D eigenvalue weighted by molar-refractivity contribution is -0.125. The highest BCUT2D eigenvalue weighted by molar-refractivity contribution is 5.86. The minimum absolute atomic E-state index is 0. The van der Waals surface area contributed by atoms with E-state index < -0.39 is 0 Å². The number of hydrogen-bond acceptors (Lipinski definition) is 4. The molecule has 0 saturated carbocycles. The van der Waals surface area contributed by atoms with Crippen LogP contribution in [-0.4, -0.2) is 45.0 Å². The summed E-state index contributed by atoms with van der Waals surface area (Å²) in [6.07, 6.45) is 0.835. The normalized spacial score (nSPS) is 9.00. The first-order chi connectivity index (χ1) is 9.63. The van der Waals surface area contributed by atoms with E-state index in [-0.39, 0.29) is 49.7 Å². The summed E-state index contributed by atoms with van der Waals surface area (Å²) in [4.78, 5) is 24.4. The Kier molecular flexibility index (Phi) is 13.6. The fraction of sp³-hybridized carbons (Fsp3) is 0.429. The van der Waals surface area contributed by atoms with Gasteiger partial charge in [-0.2, -0.15) is 0 Å². The van der Waals surface area contributed by atoms with Crippen LogP contribution in [0.4, 0.5) is 5.69 Å². The highest BCUT2D eigenvalue weighted by Crippen LogP contribution is 2.10. The molecule has 6 nitrogen and oxygen atoms in total. The smallest absolute Gasteiger partial charge is 0.239 e. The molecule has 0 aliphatic heterocycles. The van der Waals surface area contributed by atoms with Gasteiger partial charge in [-0.05, 0) is 18.6 Å². The number of para-hydroxylation sites is 1. The Bertz CT molecular complexity index is 432. The topological polar surface area (TPSA) is 87.5 Å². The molecule has 0 aliphatic rings. The van der Waals surface area contributed by atoms with Gasteiger partial charge in [-0.1, -0.05) is 18.2 Å². The van der Waals surface area contributed by atoms with Gasteiger partial charge in [0.05, 0.1) is 13.1 Å². The van der Waals surface area contributed by atoms with Gasteiger partial charge in [0.15, 0.2) is 0 Å². The second-order valence-corrected chi connectivity index (χ2v) is 4.44. The van der Waals surface area contributed by atoms with E-state index in [4.69, 9.17) is 5.73 Å². The van der Waals surface area contributed by atoms with Crippen molar-refractivity contribution in [3.05, 3.63) is 30.3 Å². The van der Waals surface area contributed by atoms with Crippen LogP contribution in [0.15, 0.2) is 30.3 Å². The van der Waals surface area contributed by atoms with Gasteiger partial charge in [0, 0.05) is 25.8 Å². The van der Waals surface area contributed by atoms with Crippen LogP contribution in [0.1, 0.15) is 6.42 Å². The standard InChI is InChI=1S/C14H22N4O2.2ClH/c1-18(12-6-3-2-4-7-12)9-5-8-16-14(20)11-17-13(19)10-15;;/h2-4,6-7H,5,8-11,15H2,1H3,(H,16,20)(H,17,19);2*1H. The van der Waals surface area contributed by atoms with Crippen molar-refractivity contribution in [2.75, 3.05) is 38.1 Å². The zero-order valence-electron chi connectivity index (χ0n) is 12.6. The summed E-state index contributed by atoms with van der Waals surface area (Å²) in [5.41, 5.74) is 6.27. The number of anilines is 1. The van der Waals surface area contributed by atoms with Crippen molar-refractivity contribution in [3.63, 3.8) is 0 Å². The van der Waals surface area contributed by atoms with Crippen molar-refractivity contribution in [3.8, 4) is 0 Å². The number of carbonyl (C=O) groups excluding carboxylic acids is 2. The highest BCUT2D eigenvalue weighted by atomic mass is 35.5. The molecule has 8 heteroatoms. The second-order valence-electron chi connectivity index (χ2n) is 4.44. The van der Waals surface area contributed by atoms with Gasteiger partial charge in [0.25, 0.3) is 0 Å². The molecular formula is C14H24Cl2N4O2. The van der Waals surface area contributed by atoms with E-state index in [1.807, 2.05) is 37.4 Å². The number of rotatable bonds is 8. The van der Waals surface area contributed by atoms with Crippen LogP contribution in [0.3, 0.4) is 0 Å². The number of nitrogens with one attached hydrogen (secondary N) is 2. The van der Waals surface area contributed by atoms with Crippen molar-refractivity contribution in [2.45, 2.75) is 6.42 Å². The molecule has 0 aliphatic carbocycles. The molecular weight excluding hydrogens is 327 g/mol. The van der Waals surface area contributed by atoms with Crippen LogP contribution in [-0.2, 0) is 9.59 Å². The zero-order valence-corrected chi connectivity index (χ0v) is 14.2. The van der Waals surface area contributed by atoms with Gasteiger partial charge < -0.3 is 21.3 Å². The Morgan fingerprint density at radius 1 is 1.09 bits per heavy atom.